The Morgan fingerprint density at radius 3 is 2.70 bits per heavy atom. The Balaban J connectivity index is 2.14. The van der Waals surface area contributed by atoms with Crippen LogP contribution in [0, 0.1) is 6.92 Å². The molecule has 7 heteroatoms. The molecule has 0 aliphatic carbocycles. The Labute approximate surface area is 123 Å². The van der Waals surface area contributed by atoms with Crippen molar-refractivity contribution >= 4 is 21.4 Å². The van der Waals surface area contributed by atoms with Crippen LogP contribution in [0.25, 0.3) is 0 Å². The molecule has 0 bridgehead atoms. The highest BCUT2D eigenvalue weighted by Crippen LogP contribution is 2.17. The molecule has 5 nitrogen and oxygen atoms in total. The molecule has 0 atom stereocenters. The van der Waals surface area contributed by atoms with Gasteiger partial charge in [-0.3, -0.25) is 0 Å². The minimum atomic E-state index is -3.47. The van der Waals surface area contributed by atoms with Crippen LogP contribution in [0.3, 0.4) is 0 Å². The van der Waals surface area contributed by atoms with Crippen molar-refractivity contribution in [2.45, 2.75) is 24.9 Å². The summed E-state index contributed by atoms with van der Waals surface area (Å²) in [5.41, 5.74) is 2.04. The first-order valence-corrected chi connectivity index (χ1v) is 8.63. The Kier molecular flexibility index (Phi) is 4.64. The van der Waals surface area contributed by atoms with Gasteiger partial charge >= 0.3 is 0 Å². The van der Waals surface area contributed by atoms with E-state index in [4.69, 9.17) is 0 Å². The zero-order valence-corrected chi connectivity index (χ0v) is 13.4. The Bertz CT molecular complexity index is 686. The maximum Gasteiger partial charge on any atom is 0.242 e. The third-order valence-electron chi connectivity index (χ3n) is 3.14. The van der Waals surface area contributed by atoms with Gasteiger partial charge in [-0.15, -0.1) is 11.3 Å². The lowest BCUT2D eigenvalue weighted by Crippen LogP contribution is -2.22. The fourth-order valence-electron chi connectivity index (χ4n) is 1.91. The Hall–Kier alpha value is -1.15. The molecular weight excluding hydrogens is 294 g/mol. The van der Waals surface area contributed by atoms with Crippen LogP contribution in [0.2, 0.25) is 0 Å². The summed E-state index contributed by atoms with van der Waals surface area (Å²) in [6.45, 7) is 2.95. The number of rotatable bonds is 6. The van der Waals surface area contributed by atoms with Gasteiger partial charge in [0.25, 0.3) is 0 Å². The van der Waals surface area contributed by atoms with Crippen LogP contribution >= 0.6 is 11.3 Å². The van der Waals surface area contributed by atoms with Crippen molar-refractivity contribution in [3.05, 3.63) is 39.8 Å². The van der Waals surface area contributed by atoms with Crippen molar-refractivity contribution in [3.8, 4) is 0 Å². The van der Waals surface area contributed by atoms with Crippen LogP contribution in [0.1, 0.15) is 16.1 Å². The molecule has 0 fully saturated rings. The van der Waals surface area contributed by atoms with E-state index in [9.17, 15) is 8.42 Å². The first-order chi connectivity index (χ1) is 9.44. The van der Waals surface area contributed by atoms with Gasteiger partial charge in [0.05, 0.1) is 4.90 Å². The third kappa shape index (κ3) is 3.29. The van der Waals surface area contributed by atoms with Crippen LogP contribution in [-0.4, -0.2) is 20.0 Å². The fraction of sp³-hybridized carbons (Fsp3) is 0.385. The van der Waals surface area contributed by atoms with Gasteiger partial charge in [0.15, 0.2) is 0 Å². The number of aryl methyl sites for hydroxylation is 2. The summed E-state index contributed by atoms with van der Waals surface area (Å²) in [6.07, 6.45) is 1.64. The first kappa shape index (κ1) is 15.2. The topological polar surface area (TPSA) is 63.1 Å². The van der Waals surface area contributed by atoms with Crippen molar-refractivity contribution in [3.63, 3.8) is 0 Å². The SMILES string of the molecule is CNCc1cc(S(=O)(=O)NCc2sccc2C)cn1C. The lowest BCUT2D eigenvalue weighted by atomic mass is 10.3. The molecule has 2 rings (SSSR count). The maximum absolute atomic E-state index is 12.3. The molecule has 2 heterocycles. The summed E-state index contributed by atoms with van der Waals surface area (Å²) >= 11 is 1.56. The Morgan fingerprint density at radius 2 is 2.10 bits per heavy atom. The van der Waals surface area contributed by atoms with Gasteiger partial charge in [0.1, 0.15) is 0 Å². The Morgan fingerprint density at radius 1 is 1.35 bits per heavy atom. The van der Waals surface area contributed by atoms with Crippen LogP contribution in [0.5, 0.6) is 0 Å². The van der Waals surface area contributed by atoms with Crippen LogP contribution in [0.4, 0.5) is 0 Å². The molecule has 2 aromatic heterocycles. The van der Waals surface area contributed by atoms with Crippen LogP contribution < -0.4 is 10.0 Å². The molecule has 0 saturated carbocycles. The van der Waals surface area contributed by atoms with Gasteiger partial charge in [0.2, 0.25) is 10.0 Å². The van der Waals surface area contributed by atoms with Crippen molar-refractivity contribution < 1.29 is 8.42 Å². The van der Waals surface area contributed by atoms with E-state index in [1.807, 2.05) is 37.0 Å². The molecule has 2 aromatic rings. The number of nitrogens with one attached hydrogen (secondary N) is 2. The highest BCUT2D eigenvalue weighted by Gasteiger charge is 2.17. The smallest absolute Gasteiger partial charge is 0.242 e. The van der Waals surface area contributed by atoms with Gasteiger partial charge in [-0.25, -0.2) is 13.1 Å². The molecule has 0 aromatic carbocycles. The molecule has 0 unspecified atom stereocenters. The van der Waals surface area contributed by atoms with Crippen LogP contribution in [0.15, 0.2) is 28.6 Å². The molecule has 0 saturated heterocycles. The average Bonchev–Trinajstić information content (AvgIpc) is 2.95. The van der Waals surface area contributed by atoms with E-state index in [-0.39, 0.29) is 0 Å². The molecule has 0 spiro atoms. The predicted molar refractivity (Wildman–Crippen MR) is 81.3 cm³/mol. The summed E-state index contributed by atoms with van der Waals surface area (Å²) in [5, 5.41) is 4.98. The number of hydrogen-bond donors (Lipinski definition) is 2. The molecule has 0 radical (unpaired) electrons. The van der Waals surface area contributed by atoms with E-state index < -0.39 is 10.0 Å². The normalized spacial score (nSPS) is 11.9. The third-order valence-corrected chi connectivity index (χ3v) is 5.53. The fourth-order valence-corrected chi connectivity index (χ4v) is 3.94. The summed E-state index contributed by atoms with van der Waals surface area (Å²) in [4.78, 5) is 1.35. The van der Waals surface area contributed by atoms with Gasteiger partial charge < -0.3 is 9.88 Å². The number of thiophene rings is 1. The zero-order chi connectivity index (χ0) is 14.8. The quantitative estimate of drug-likeness (QED) is 0.851. The number of nitrogens with zero attached hydrogens (tertiary/aromatic N) is 1. The minimum absolute atomic E-state index is 0.305. The summed E-state index contributed by atoms with van der Waals surface area (Å²) in [7, 11) is 0.210. The zero-order valence-electron chi connectivity index (χ0n) is 11.8. The van der Waals surface area contributed by atoms with E-state index in [0.29, 0.717) is 18.0 Å². The van der Waals surface area contributed by atoms with Crippen molar-refractivity contribution in [2.75, 3.05) is 7.05 Å². The second kappa shape index (κ2) is 6.09. The van der Waals surface area contributed by atoms with E-state index in [2.05, 4.69) is 10.0 Å². The molecular formula is C13H19N3O2S2. The van der Waals surface area contributed by atoms with Gasteiger partial charge in [-0.2, -0.15) is 0 Å². The molecule has 0 amide bonds. The van der Waals surface area contributed by atoms with E-state index in [1.54, 1.807) is 23.6 Å². The number of sulfonamides is 1. The maximum atomic E-state index is 12.3. The van der Waals surface area contributed by atoms with Crippen molar-refractivity contribution in [2.24, 2.45) is 7.05 Å². The number of hydrogen-bond acceptors (Lipinski definition) is 4. The van der Waals surface area contributed by atoms with Gasteiger partial charge in [-0.1, -0.05) is 0 Å². The van der Waals surface area contributed by atoms with Crippen LogP contribution in [-0.2, 0) is 30.2 Å². The predicted octanol–water partition coefficient (Wildman–Crippen LogP) is 1.59. The molecule has 2 N–H and O–H groups in total. The first-order valence-electron chi connectivity index (χ1n) is 6.26. The summed E-state index contributed by atoms with van der Waals surface area (Å²) < 4.78 is 29.0. The molecule has 0 aliphatic rings. The van der Waals surface area contributed by atoms with Crippen molar-refractivity contribution in [1.29, 1.82) is 0 Å². The second-order valence-electron chi connectivity index (χ2n) is 4.66. The molecule has 0 aliphatic heterocycles. The standard InChI is InChI=1S/C13H19N3O2S2/c1-10-4-5-19-13(10)8-15-20(17,18)12-6-11(7-14-2)16(3)9-12/h4-6,9,14-15H,7-8H2,1-3H3. The molecule has 20 heavy (non-hydrogen) atoms. The lowest BCUT2D eigenvalue weighted by Gasteiger charge is -2.04. The average molecular weight is 313 g/mol. The lowest BCUT2D eigenvalue weighted by molar-refractivity contribution is 0.581. The van der Waals surface area contributed by atoms with Gasteiger partial charge in [-0.05, 0) is 37.0 Å². The largest absolute Gasteiger partial charge is 0.352 e. The van der Waals surface area contributed by atoms with Crippen molar-refractivity contribution in [1.82, 2.24) is 14.6 Å². The van der Waals surface area contributed by atoms with E-state index in [1.165, 1.54) is 0 Å². The monoisotopic (exact) mass is 313 g/mol. The van der Waals surface area contributed by atoms with E-state index >= 15 is 0 Å². The highest BCUT2D eigenvalue weighted by molar-refractivity contribution is 7.89. The van der Waals surface area contributed by atoms with E-state index in [0.717, 1.165) is 16.1 Å². The summed E-state index contributed by atoms with van der Waals surface area (Å²) in [5.74, 6) is 0. The molecule has 110 valence electrons. The van der Waals surface area contributed by atoms with Gasteiger partial charge in [0, 0.05) is 36.9 Å². The summed E-state index contributed by atoms with van der Waals surface area (Å²) in [6, 6.07) is 3.68. The number of aromatic nitrogens is 1. The minimum Gasteiger partial charge on any atom is -0.352 e. The second-order valence-corrected chi connectivity index (χ2v) is 7.43. The highest BCUT2D eigenvalue weighted by atomic mass is 32.2.